The van der Waals surface area contributed by atoms with Gasteiger partial charge in [0.1, 0.15) is 12.1 Å². The number of hydrogen-bond acceptors (Lipinski definition) is 7. The van der Waals surface area contributed by atoms with Crippen molar-refractivity contribution < 1.29 is 22.8 Å². The Morgan fingerprint density at radius 2 is 1.72 bits per heavy atom. The number of nitrogens with zero attached hydrogens (tertiary/aromatic N) is 3. The summed E-state index contributed by atoms with van der Waals surface area (Å²) >= 11 is 0. The summed E-state index contributed by atoms with van der Waals surface area (Å²) in [6.45, 7) is 0. The molecule has 0 saturated heterocycles. The second kappa shape index (κ2) is 8.00. The molecule has 0 bridgehead atoms. The van der Waals surface area contributed by atoms with Crippen molar-refractivity contribution in [3.05, 3.63) is 70.5 Å². The fraction of sp³-hybridized carbons (Fsp3) is 0.111. The molecule has 0 atom stereocenters. The molecule has 0 aliphatic rings. The van der Waals surface area contributed by atoms with Gasteiger partial charge in [-0.15, -0.1) is 0 Å². The summed E-state index contributed by atoms with van der Waals surface area (Å²) in [5, 5.41) is 17.0. The number of para-hydroxylation sites is 2. The Morgan fingerprint density at radius 1 is 1.03 bits per heavy atom. The van der Waals surface area contributed by atoms with Gasteiger partial charge in [-0.05, 0) is 30.3 Å². The van der Waals surface area contributed by atoms with E-state index in [1.54, 1.807) is 24.3 Å². The molecule has 0 saturated carbocycles. The molecule has 3 aromatic rings. The Balaban J connectivity index is 1.99. The second-order valence-corrected chi connectivity index (χ2v) is 5.71. The highest BCUT2D eigenvalue weighted by Crippen LogP contribution is 2.36. The van der Waals surface area contributed by atoms with Gasteiger partial charge in [-0.2, -0.15) is 13.2 Å². The monoisotopic (exact) mass is 405 g/mol. The number of hydrogen-bond donors (Lipinski definition) is 2. The molecule has 11 heteroatoms. The van der Waals surface area contributed by atoms with Crippen molar-refractivity contribution in [3.63, 3.8) is 0 Å². The van der Waals surface area contributed by atoms with Crippen LogP contribution in [0.15, 0.2) is 54.9 Å². The van der Waals surface area contributed by atoms with Crippen molar-refractivity contribution >= 4 is 28.7 Å². The molecule has 0 unspecified atom stereocenters. The van der Waals surface area contributed by atoms with E-state index in [-0.39, 0.29) is 17.3 Å². The summed E-state index contributed by atoms with van der Waals surface area (Å²) < 4.78 is 43.9. The maximum Gasteiger partial charge on any atom is 0.416 e. The van der Waals surface area contributed by atoms with Gasteiger partial charge in [0.2, 0.25) is 11.6 Å². The van der Waals surface area contributed by atoms with Gasteiger partial charge in [0.15, 0.2) is 0 Å². The minimum absolute atomic E-state index is 0.00938. The SMILES string of the molecule is COc1ccccc1Nc1ncnc(Nc2cccc(C(F)(F)F)c2)c1[N+](=O)[O-]. The standard InChI is InChI=1S/C18H14F3N5O3/c1-29-14-8-3-2-7-13(14)25-17-15(26(27)28)16(22-10-23-17)24-12-6-4-5-11(9-12)18(19,20)21/h2-10H,1H3,(H2,22,23,24,25). The first-order chi connectivity index (χ1) is 13.8. The Bertz CT molecular complexity index is 1040. The first kappa shape index (κ1) is 19.9. The number of alkyl halides is 3. The molecule has 0 radical (unpaired) electrons. The van der Waals surface area contributed by atoms with E-state index in [2.05, 4.69) is 20.6 Å². The van der Waals surface area contributed by atoms with E-state index >= 15 is 0 Å². The summed E-state index contributed by atoms with van der Waals surface area (Å²) in [5.74, 6) is 0.0125. The number of halogens is 3. The molecular formula is C18H14F3N5O3. The molecule has 2 aromatic carbocycles. The quantitative estimate of drug-likeness (QED) is 0.444. The van der Waals surface area contributed by atoms with Crippen LogP contribution in [0.4, 0.5) is 41.9 Å². The van der Waals surface area contributed by atoms with Crippen LogP contribution in [0.25, 0.3) is 0 Å². The van der Waals surface area contributed by atoms with E-state index in [1.807, 2.05) is 0 Å². The van der Waals surface area contributed by atoms with Gasteiger partial charge < -0.3 is 15.4 Å². The maximum absolute atomic E-state index is 12.9. The molecule has 150 valence electrons. The molecule has 0 aliphatic heterocycles. The van der Waals surface area contributed by atoms with Crippen LogP contribution in [-0.4, -0.2) is 22.0 Å². The van der Waals surface area contributed by atoms with Gasteiger partial charge in [0, 0.05) is 5.69 Å². The number of methoxy groups -OCH3 is 1. The number of rotatable bonds is 6. The van der Waals surface area contributed by atoms with Crippen LogP contribution in [0.2, 0.25) is 0 Å². The van der Waals surface area contributed by atoms with Crippen molar-refractivity contribution in [3.8, 4) is 5.75 Å². The summed E-state index contributed by atoms with van der Waals surface area (Å²) in [5.41, 5.74) is -1.02. The Kier molecular flexibility index (Phi) is 5.48. The van der Waals surface area contributed by atoms with Gasteiger partial charge in [-0.1, -0.05) is 18.2 Å². The lowest BCUT2D eigenvalue weighted by atomic mass is 10.2. The molecular weight excluding hydrogens is 391 g/mol. The number of nitrogens with one attached hydrogen (secondary N) is 2. The minimum atomic E-state index is -4.55. The van der Waals surface area contributed by atoms with Crippen LogP contribution in [0.3, 0.4) is 0 Å². The van der Waals surface area contributed by atoms with E-state index in [0.29, 0.717) is 11.4 Å². The number of aromatic nitrogens is 2. The molecule has 8 nitrogen and oxygen atoms in total. The highest BCUT2D eigenvalue weighted by molar-refractivity contribution is 5.78. The van der Waals surface area contributed by atoms with E-state index in [9.17, 15) is 23.3 Å². The molecule has 3 rings (SSSR count). The molecule has 2 N–H and O–H groups in total. The number of benzene rings is 2. The third kappa shape index (κ3) is 4.51. The predicted molar refractivity (Wildman–Crippen MR) is 99.7 cm³/mol. The van der Waals surface area contributed by atoms with E-state index in [4.69, 9.17) is 4.74 Å². The highest BCUT2D eigenvalue weighted by Gasteiger charge is 2.31. The third-order valence-electron chi connectivity index (χ3n) is 3.82. The van der Waals surface area contributed by atoms with Crippen LogP contribution in [0, 0.1) is 10.1 Å². The van der Waals surface area contributed by atoms with Gasteiger partial charge in [0.05, 0.1) is 23.3 Å². The average molecular weight is 405 g/mol. The minimum Gasteiger partial charge on any atom is -0.495 e. The molecule has 0 amide bonds. The largest absolute Gasteiger partial charge is 0.495 e. The average Bonchev–Trinajstić information content (AvgIpc) is 2.68. The first-order valence-corrected chi connectivity index (χ1v) is 8.13. The Labute approximate surface area is 162 Å². The van der Waals surface area contributed by atoms with Crippen LogP contribution < -0.4 is 15.4 Å². The first-order valence-electron chi connectivity index (χ1n) is 8.13. The van der Waals surface area contributed by atoms with Crippen LogP contribution in [0.5, 0.6) is 5.75 Å². The van der Waals surface area contributed by atoms with E-state index in [1.165, 1.54) is 19.2 Å². The second-order valence-electron chi connectivity index (χ2n) is 5.71. The van der Waals surface area contributed by atoms with Crippen molar-refractivity contribution in [2.75, 3.05) is 17.7 Å². The number of anilines is 4. The van der Waals surface area contributed by atoms with Crippen molar-refractivity contribution in [1.82, 2.24) is 9.97 Å². The van der Waals surface area contributed by atoms with E-state index < -0.39 is 22.4 Å². The molecule has 0 fully saturated rings. The summed E-state index contributed by atoms with van der Waals surface area (Å²) in [6, 6.07) is 11.0. The maximum atomic E-state index is 12.9. The van der Waals surface area contributed by atoms with Gasteiger partial charge in [0.25, 0.3) is 0 Å². The number of nitro groups is 1. The zero-order valence-corrected chi connectivity index (χ0v) is 14.9. The molecule has 1 heterocycles. The number of ether oxygens (including phenoxy) is 1. The Hall–Kier alpha value is -3.89. The zero-order chi connectivity index (χ0) is 21.0. The van der Waals surface area contributed by atoms with Crippen molar-refractivity contribution in [2.45, 2.75) is 6.18 Å². The summed E-state index contributed by atoms with van der Waals surface area (Å²) in [6.07, 6.45) is -3.49. The van der Waals surface area contributed by atoms with Crippen LogP contribution in [0.1, 0.15) is 5.56 Å². The highest BCUT2D eigenvalue weighted by atomic mass is 19.4. The molecule has 1 aromatic heterocycles. The lowest BCUT2D eigenvalue weighted by Gasteiger charge is -2.13. The van der Waals surface area contributed by atoms with Crippen LogP contribution in [-0.2, 0) is 6.18 Å². The summed E-state index contributed by atoms with van der Waals surface area (Å²) in [7, 11) is 1.44. The van der Waals surface area contributed by atoms with E-state index in [0.717, 1.165) is 18.5 Å². The molecule has 29 heavy (non-hydrogen) atoms. The lowest BCUT2D eigenvalue weighted by molar-refractivity contribution is -0.383. The third-order valence-corrected chi connectivity index (χ3v) is 3.82. The fourth-order valence-electron chi connectivity index (χ4n) is 2.52. The van der Waals surface area contributed by atoms with Gasteiger partial charge >= 0.3 is 11.9 Å². The lowest BCUT2D eigenvalue weighted by Crippen LogP contribution is -2.07. The predicted octanol–water partition coefficient (Wildman–Crippen LogP) is 4.90. The van der Waals surface area contributed by atoms with Crippen molar-refractivity contribution in [2.24, 2.45) is 0 Å². The summed E-state index contributed by atoms with van der Waals surface area (Å²) in [4.78, 5) is 18.6. The topological polar surface area (TPSA) is 102 Å². The smallest absolute Gasteiger partial charge is 0.416 e. The zero-order valence-electron chi connectivity index (χ0n) is 14.9. The van der Waals surface area contributed by atoms with Crippen LogP contribution >= 0.6 is 0 Å². The Morgan fingerprint density at radius 3 is 2.38 bits per heavy atom. The molecule has 0 spiro atoms. The van der Waals surface area contributed by atoms with Crippen molar-refractivity contribution in [1.29, 1.82) is 0 Å². The fourth-order valence-corrected chi connectivity index (χ4v) is 2.52. The van der Waals surface area contributed by atoms with Gasteiger partial charge in [-0.25, -0.2) is 9.97 Å². The normalized spacial score (nSPS) is 11.0. The molecule has 0 aliphatic carbocycles. The van der Waals surface area contributed by atoms with Gasteiger partial charge in [-0.3, -0.25) is 10.1 Å².